The molecule has 66 heavy (non-hydrogen) atoms. The van der Waals surface area contributed by atoms with Crippen LogP contribution < -0.4 is 15.8 Å². The highest BCUT2D eigenvalue weighted by Crippen LogP contribution is 2.37. The number of aliphatic imine (C=N–C) groups is 1. The van der Waals surface area contributed by atoms with E-state index in [1.165, 1.54) is 18.2 Å². The predicted molar refractivity (Wildman–Crippen MR) is 243 cm³/mol. The molecule has 0 saturated carbocycles. The molecular formula is C48H61F4N5O8S. The SMILES string of the molecule is CCCN(CCC)C(=O)C1=Cc2c(CCCCNC(=O)CCC(C)(C)OCC(C)(C)C(=O)Oc3c(F)c(F)cc(F)c3F)cc(-c3cccc(S(=O)(=O)N4CC(CO)C4)c3)cc2N=C(N)C1. The Bertz CT molecular complexity index is 2420. The number of benzene rings is 3. The molecule has 13 nitrogen and oxygen atoms in total. The van der Waals surface area contributed by atoms with E-state index in [9.17, 15) is 45.5 Å². The van der Waals surface area contributed by atoms with Gasteiger partial charge in [0.2, 0.25) is 39.2 Å². The van der Waals surface area contributed by atoms with Crippen LogP contribution in [-0.4, -0.2) is 97.9 Å². The molecule has 2 aliphatic rings. The lowest BCUT2D eigenvalue weighted by Gasteiger charge is -2.36. The maximum absolute atomic E-state index is 14.1. The van der Waals surface area contributed by atoms with Gasteiger partial charge < -0.3 is 30.5 Å². The summed E-state index contributed by atoms with van der Waals surface area (Å²) in [6.45, 7) is 11.8. The number of sulfonamides is 1. The minimum atomic E-state index is -3.79. The highest BCUT2D eigenvalue weighted by atomic mass is 32.2. The number of unbranched alkanes of at least 4 members (excludes halogenated alkanes) is 1. The zero-order chi connectivity index (χ0) is 48.6. The van der Waals surface area contributed by atoms with Gasteiger partial charge in [-0.2, -0.15) is 13.1 Å². The van der Waals surface area contributed by atoms with Crippen molar-refractivity contribution in [1.82, 2.24) is 14.5 Å². The number of amides is 2. The first-order valence-electron chi connectivity index (χ1n) is 22.3. The molecule has 18 heteroatoms. The van der Waals surface area contributed by atoms with Gasteiger partial charge in [0.05, 0.1) is 28.2 Å². The first kappa shape index (κ1) is 51.8. The Kier molecular flexibility index (Phi) is 17.3. The fourth-order valence-electron chi connectivity index (χ4n) is 7.51. The van der Waals surface area contributed by atoms with Gasteiger partial charge in [-0.15, -0.1) is 0 Å². The highest BCUT2D eigenvalue weighted by molar-refractivity contribution is 7.89. The number of rotatable bonds is 22. The summed E-state index contributed by atoms with van der Waals surface area (Å²) in [6.07, 6.45) is 5.62. The third-order valence-corrected chi connectivity index (χ3v) is 13.4. The van der Waals surface area contributed by atoms with E-state index in [1.54, 1.807) is 32.0 Å². The van der Waals surface area contributed by atoms with Crippen LogP contribution in [0.4, 0.5) is 23.2 Å². The summed E-state index contributed by atoms with van der Waals surface area (Å²) in [7, 11) is -3.79. The van der Waals surface area contributed by atoms with Crippen LogP contribution in [-0.2, 0) is 35.6 Å². The topological polar surface area (TPSA) is 181 Å². The number of carbonyl (C=O) groups is 3. The summed E-state index contributed by atoms with van der Waals surface area (Å²) >= 11 is 0. The van der Waals surface area contributed by atoms with Crippen LogP contribution in [0.3, 0.4) is 0 Å². The van der Waals surface area contributed by atoms with Crippen LogP contribution >= 0.6 is 0 Å². The standard InChI is InChI=1S/C48H61F4N5O8S/c1-7-18-56(19-8-2)45(60)34-22-36-32(20-33(23-39(36)55-40(53)24-34)31-13-11-14-35(21-31)66(62,63)57-26-30(27-57)28-58)12-9-10-17-54-41(59)15-16-48(5,6)64-29-47(3,4)46(61)65-44-42(51)37(49)25-38(50)43(44)52/h11,13-14,20-23,25,30,58H,7-10,12,15-19,24,26-29H2,1-6H3,(H2,53,55)(H,54,59). The molecule has 5 rings (SSSR count). The van der Waals surface area contributed by atoms with Crippen LogP contribution in [0, 0.1) is 34.6 Å². The maximum atomic E-state index is 14.1. The average Bonchev–Trinajstić information content (AvgIpc) is 3.43. The Balaban J connectivity index is 1.25. The normalized spacial score (nSPS) is 14.7. The molecule has 0 unspecified atom stereocenters. The van der Waals surface area contributed by atoms with Crippen LogP contribution in [0.1, 0.15) is 97.6 Å². The molecule has 1 fully saturated rings. The molecule has 2 heterocycles. The zero-order valence-corrected chi connectivity index (χ0v) is 39.3. The number of nitrogens with one attached hydrogen (secondary N) is 1. The quantitative estimate of drug-likeness (QED) is 0.0301. The first-order chi connectivity index (χ1) is 31.1. The zero-order valence-electron chi connectivity index (χ0n) is 38.4. The van der Waals surface area contributed by atoms with Gasteiger partial charge in [0, 0.05) is 75.3 Å². The maximum Gasteiger partial charge on any atom is 0.319 e. The van der Waals surface area contributed by atoms with Gasteiger partial charge in [-0.1, -0.05) is 32.0 Å². The summed E-state index contributed by atoms with van der Waals surface area (Å²) in [5.41, 5.74) is 8.03. The van der Waals surface area contributed by atoms with Crippen molar-refractivity contribution in [3.05, 3.63) is 82.4 Å². The van der Waals surface area contributed by atoms with E-state index in [2.05, 4.69) is 5.32 Å². The van der Waals surface area contributed by atoms with Crippen molar-refractivity contribution in [3.63, 3.8) is 0 Å². The Morgan fingerprint density at radius 3 is 2.26 bits per heavy atom. The van der Waals surface area contributed by atoms with Crippen LogP contribution in [0.2, 0.25) is 0 Å². The Morgan fingerprint density at radius 1 is 0.955 bits per heavy atom. The van der Waals surface area contributed by atoms with Gasteiger partial charge in [-0.25, -0.2) is 22.2 Å². The molecule has 0 bridgehead atoms. The number of aryl methyl sites for hydroxylation is 1. The number of aliphatic hydroxyl groups excluding tert-OH is 1. The van der Waals surface area contributed by atoms with E-state index in [0.29, 0.717) is 61.3 Å². The van der Waals surface area contributed by atoms with E-state index >= 15 is 0 Å². The number of nitrogens with two attached hydrogens (primary N) is 1. The number of hydrogen-bond acceptors (Lipinski definition) is 10. The first-order valence-corrected chi connectivity index (χ1v) is 23.7. The van der Waals surface area contributed by atoms with Crippen LogP contribution in [0.25, 0.3) is 17.2 Å². The van der Waals surface area contributed by atoms with Crippen molar-refractivity contribution < 1.29 is 54.9 Å². The van der Waals surface area contributed by atoms with Crippen molar-refractivity contribution in [2.45, 2.75) is 103 Å². The molecule has 0 spiro atoms. The lowest BCUT2D eigenvalue weighted by molar-refractivity contribution is -0.152. The molecular weight excluding hydrogens is 883 g/mol. The highest BCUT2D eigenvalue weighted by Gasteiger charge is 2.37. The summed E-state index contributed by atoms with van der Waals surface area (Å²) < 4.78 is 94.5. The predicted octanol–water partition coefficient (Wildman–Crippen LogP) is 7.59. The van der Waals surface area contributed by atoms with Crippen LogP contribution in [0.5, 0.6) is 5.75 Å². The van der Waals surface area contributed by atoms with Crippen molar-refractivity contribution in [3.8, 4) is 16.9 Å². The third-order valence-electron chi connectivity index (χ3n) is 11.5. The Labute approximate surface area is 384 Å². The number of esters is 1. The van der Waals surface area contributed by atoms with E-state index < -0.39 is 56.0 Å². The Hall–Kier alpha value is -5.17. The molecule has 0 aliphatic carbocycles. The van der Waals surface area contributed by atoms with Crippen molar-refractivity contribution in [2.75, 3.05) is 45.9 Å². The lowest BCUT2D eigenvalue weighted by atomic mass is 9.93. The number of carbonyl (C=O) groups excluding carboxylic acids is 3. The van der Waals surface area contributed by atoms with Crippen molar-refractivity contribution >= 4 is 45.4 Å². The molecule has 2 amide bonds. The third kappa shape index (κ3) is 12.8. The molecule has 0 radical (unpaired) electrons. The molecule has 0 aromatic heterocycles. The second kappa shape index (κ2) is 22.1. The fraction of sp³-hybridized carbons (Fsp3) is 0.500. The van der Waals surface area contributed by atoms with E-state index in [4.69, 9.17) is 20.2 Å². The van der Waals surface area contributed by atoms with E-state index in [-0.39, 0.29) is 80.1 Å². The van der Waals surface area contributed by atoms with Gasteiger partial charge in [-0.05, 0) is 107 Å². The minimum absolute atomic E-state index is 0.00813. The molecule has 3 aromatic rings. The summed E-state index contributed by atoms with van der Waals surface area (Å²) in [6, 6.07) is 10.5. The Morgan fingerprint density at radius 2 is 1.62 bits per heavy atom. The van der Waals surface area contributed by atoms with Crippen molar-refractivity contribution in [2.24, 2.45) is 22.1 Å². The number of aliphatic hydroxyl groups is 1. The molecule has 3 aromatic carbocycles. The molecule has 4 N–H and O–H groups in total. The summed E-state index contributed by atoms with van der Waals surface area (Å²) in [5.74, 6) is -9.98. The molecule has 1 saturated heterocycles. The second-order valence-corrected chi connectivity index (χ2v) is 20.1. The molecule has 360 valence electrons. The van der Waals surface area contributed by atoms with Gasteiger partial charge in [0.25, 0.3) is 0 Å². The van der Waals surface area contributed by atoms with Crippen LogP contribution in [0.15, 0.2) is 57.9 Å². The van der Waals surface area contributed by atoms with Gasteiger partial charge in [-0.3, -0.25) is 14.4 Å². The summed E-state index contributed by atoms with van der Waals surface area (Å²) in [5, 5.41) is 12.4. The number of nitrogens with zero attached hydrogens (tertiary/aromatic N) is 3. The molecule has 0 atom stereocenters. The number of ether oxygens (including phenoxy) is 2. The van der Waals surface area contributed by atoms with E-state index in [0.717, 1.165) is 24.0 Å². The lowest BCUT2D eigenvalue weighted by Crippen LogP contribution is -2.51. The van der Waals surface area contributed by atoms with Gasteiger partial charge in [0.1, 0.15) is 5.84 Å². The van der Waals surface area contributed by atoms with Crippen molar-refractivity contribution in [1.29, 1.82) is 0 Å². The van der Waals surface area contributed by atoms with E-state index in [1.807, 2.05) is 43.0 Å². The number of amidine groups is 1. The molecule has 2 aliphatic heterocycles. The number of halogens is 4. The smallest absolute Gasteiger partial charge is 0.319 e. The average molecular weight is 944 g/mol. The van der Waals surface area contributed by atoms with Gasteiger partial charge in [0.15, 0.2) is 11.6 Å². The monoisotopic (exact) mass is 943 g/mol. The fourth-order valence-corrected chi connectivity index (χ4v) is 9.15. The number of hydrogen-bond donors (Lipinski definition) is 3. The minimum Gasteiger partial charge on any atom is -0.420 e. The largest absolute Gasteiger partial charge is 0.420 e. The number of fused-ring (bicyclic) bond motifs is 1. The summed E-state index contributed by atoms with van der Waals surface area (Å²) in [4.78, 5) is 46.4. The second-order valence-electron chi connectivity index (χ2n) is 18.1. The van der Waals surface area contributed by atoms with Gasteiger partial charge >= 0.3 is 5.97 Å².